The van der Waals surface area contributed by atoms with E-state index < -0.39 is 0 Å². The monoisotopic (exact) mass is 183 g/mol. The first-order valence-corrected chi connectivity index (χ1v) is 5.34. The van der Waals surface area contributed by atoms with Crippen molar-refractivity contribution in [1.82, 2.24) is 0 Å². The van der Waals surface area contributed by atoms with Crippen LogP contribution in [0.3, 0.4) is 0 Å². The molecule has 0 aliphatic heterocycles. The van der Waals surface area contributed by atoms with Crippen LogP contribution in [0.25, 0.3) is 0 Å². The lowest BCUT2D eigenvalue weighted by Gasteiger charge is -2.25. The molecule has 0 unspecified atom stereocenters. The van der Waals surface area contributed by atoms with Crippen molar-refractivity contribution in [3.05, 3.63) is 0 Å². The molecule has 0 saturated heterocycles. The third kappa shape index (κ3) is 2.71. The third-order valence-electron chi connectivity index (χ3n) is 2.92. The van der Waals surface area contributed by atoms with Gasteiger partial charge >= 0.3 is 0 Å². The summed E-state index contributed by atoms with van der Waals surface area (Å²) in [6, 6.07) is 0. The van der Waals surface area contributed by atoms with E-state index >= 15 is 0 Å². The van der Waals surface area contributed by atoms with Crippen LogP contribution in [0.2, 0.25) is 0 Å². The zero-order valence-electron chi connectivity index (χ0n) is 9.01. The summed E-state index contributed by atoms with van der Waals surface area (Å²) in [7, 11) is 0. The van der Waals surface area contributed by atoms with Crippen LogP contribution in [0.15, 0.2) is 5.16 Å². The number of hydrogen-bond donors (Lipinski definition) is 1. The molecule has 0 radical (unpaired) electrons. The van der Waals surface area contributed by atoms with E-state index in [1.807, 2.05) is 0 Å². The van der Waals surface area contributed by atoms with E-state index in [4.69, 9.17) is 5.21 Å². The normalized spacial score (nSPS) is 19.2. The van der Waals surface area contributed by atoms with E-state index in [0.29, 0.717) is 5.92 Å². The van der Waals surface area contributed by atoms with Crippen molar-refractivity contribution >= 4 is 5.71 Å². The molecule has 0 spiro atoms. The molecule has 2 heteroatoms. The summed E-state index contributed by atoms with van der Waals surface area (Å²) < 4.78 is 0. The first-order chi connectivity index (χ1) is 6.11. The van der Waals surface area contributed by atoms with Crippen molar-refractivity contribution < 1.29 is 5.21 Å². The molecule has 2 nitrogen and oxygen atoms in total. The predicted octanol–water partition coefficient (Wildman–Crippen LogP) is 3.44. The highest BCUT2D eigenvalue weighted by Gasteiger charge is 2.37. The second-order valence-electron chi connectivity index (χ2n) is 4.75. The third-order valence-corrected chi connectivity index (χ3v) is 2.92. The molecule has 1 rings (SSSR count). The molecule has 0 aromatic carbocycles. The molecule has 0 amide bonds. The predicted molar refractivity (Wildman–Crippen MR) is 55.3 cm³/mol. The van der Waals surface area contributed by atoms with Crippen LogP contribution >= 0.6 is 0 Å². The molecule has 1 fully saturated rings. The van der Waals surface area contributed by atoms with Gasteiger partial charge in [0.05, 0.1) is 5.71 Å². The van der Waals surface area contributed by atoms with E-state index in [-0.39, 0.29) is 5.41 Å². The van der Waals surface area contributed by atoms with E-state index in [2.05, 4.69) is 25.9 Å². The lowest BCUT2D eigenvalue weighted by molar-refractivity contribution is 0.302. The fourth-order valence-electron chi connectivity index (χ4n) is 1.87. The quantitative estimate of drug-likeness (QED) is 0.395. The largest absolute Gasteiger partial charge is 0.411 e. The summed E-state index contributed by atoms with van der Waals surface area (Å²) in [6.45, 7) is 6.58. The number of oxime groups is 1. The first-order valence-electron chi connectivity index (χ1n) is 5.34. The minimum atomic E-state index is 0.103. The molecule has 1 saturated carbocycles. The van der Waals surface area contributed by atoms with Gasteiger partial charge in [0.15, 0.2) is 0 Å². The topological polar surface area (TPSA) is 32.6 Å². The Hall–Kier alpha value is -0.530. The van der Waals surface area contributed by atoms with Gasteiger partial charge in [0.25, 0.3) is 0 Å². The lowest BCUT2D eigenvalue weighted by atomic mass is 9.80. The van der Waals surface area contributed by atoms with Gasteiger partial charge in [-0.15, -0.1) is 0 Å². The van der Waals surface area contributed by atoms with Crippen LogP contribution < -0.4 is 0 Å². The van der Waals surface area contributed by atoms with Crippen molar-refractivity contribution in [3.63, 3.8) is 0 Å². The zero-order valence-corrected chi connectivity index (χ0v) is 9.01. The highest BCUT2D eigenvalue weighted by Crippen LogP contribution is 2.40. The molecule has 0 aromatic rings. The fraction of sp³-hybridized carbons (Fsp3) is 0.909. The van der Waals surface area contributed by atoms with Crippen LogP contribution in [0.1, 0.15) is 52.9 Å². The average Bonchev–Trinajstić information content (AvgIpc) is 2.86. The van der Waals surface area contributed by atoms with Gasteiger partial charge in [-0.3, -0.25) is 0 Å². The highest BCUT2D eigenvalue weighted by molar-refractivity contribution is 5.92. The van der Waals surface area contributed by atoms with E-state index in [1.165, 1.54) is 25.7 Å². The molecule has 0 bridgehead atoms. The van der Waals surface area contributed by atoms with Crippen molar-refractivity contribution in [2.24, 2.45) is 16.5 Å². The van der Waals surface area contributed by atoms with Gasteiger partial charge in [-0.25, -0.2) is 0 Å². The van der Waals surface area contributed by atoms with E-state index in [9.17, 15) is 0 Å². The smallest absolute Gasteiger partial charge is 0.0657 e. The van der Waals surface area contributed by atoms with Crippen molar-refractivity contribution in [2.45, 2.75) is 52.9 Å². The molecule has 0 atom stereocenters. The van der Waals surface area contributed by atoms with Crippen LogP contribution in [-0.4, -0.2) is 10.9 Å². The van der Waals surface area contributed by atoms with Gasteiger partial charge in [-0.1, -0.05) is 38.8 Å². The summed E-state index contributed by atoms with van der Waals surface area (Å²) >= 11 is 0. The number of unbranched alkanes of at least 4 members (excludes halogenated alkanes) is 1. The van der Waals surface area contributed by atoms with Crippen molar-refractivity contribution in [3.8, 4) is 0 Å². The molecule has 1 aliphatic carbocycles. The molecular formula is C11H21NO. The zero-order chi connectivity index (χ0) is 9.90. The highest BCUT2D eigenvalue weighted by atomic mass is 16.4. The maximum absolute atomic E-state index is 8.96. The van der Waals surface area contributed by atoms with Gasteiger partial charge in [-0.2, -0.15) is 0 Å². The first kappa shape index (κ1) is 10.6. The SMILES string of the molecule is CCCCC(C)(C)/C(=N/O)C1CC1. The lowest BCUT2D eigenvalue weighted by Crippen LogP contribution is -2.26. The Morgan fingerprint density at radius 2 is 2.08 bits per heavy atom. The van der Waals surface area contributed by atoms with Gasteiger partial charge in [0.2, 0.25) is 0 Å². The average molecular weight is 183 g/mol. The van der Waals surface area contributed by atoms with Crippen molar-refractivity contribution in [1.29, 1.82) is 0 Å². The van der Waals surface area contributed by atoms with E-state index in [1.54, 1.807) is 0 Å². The van der Waals surface area contributed by atoms with Gasteiger partial charge in [-0.05, 0) is 19.3 Å². The maximum atomic E-state index is 8.96. The van der Waals surface area contributed by atoms with Crippen LogP contribution in [-0.2, 0) is 0 Å². The molecule has 13 heavy (non-hydrogen) atoms. The minimum Gasteiger partial charge on any atom is -0.411 e. The molecule has 1 N–H and O–H groups in total. The summed E-state index contributed by atoms with van der Waals surface area (Å²) in [6.07, 6.45) is 6.01. The molecule has 1 aliphatic rings. The minimum absolute atomic E-state index is 0.103. The molecule has 76 valence electrons. The van der Waals surface area contributed by atoms with Crippen LogP contribution in [0.5, 0.6) is 0 Å². The summed E-state index contributed by atoms with van der Waals surface area (Å²) in [4.78, 5) is 0. The summed E-state index contributed by atoms with van der Waals surface area (Å²) in [5, 5.41) is 12.5. The molecular weight excluding hydrogens is 162 g/mol. The van der Waals surface area contributed by atoms with Gasteiger partial charge in [0, 0.05) is 11.3 Å². The standard InChI is InChI=1S/C11H21NO/c1-4-5-8-11(2,3)10(12-13)9-6-7-9/h9,13H,4-8H2,1-3H3/b12-10+. The fourth-order valence-corrected chi connectivity index (χ4v) is 1.87. The van der Waals surface area contributed by atoms with E-state index in [0.717, 1.165) is 12.1 Å². The Morgan fingerprint density at radius 1 is 1.46 bits per heavy atom. The van der Waals surface area contributed by atoms with Gasteiger partial charge < -0.3 is 5.21 Å². The maximum Gasteiger partial charge on any atom is 0.0657 e. The Balaban J connectivity index is 2.54. The number of hydrogen-bond acceptors (Lipinski definition) is 2. The number of nitrogens with zero attached hydrogens (tertiary/aromatic N) is 1. The Kier molecular flexibility index (Phi) is 3.34. The van der Waals surface area contributed by atoms with Crippen LogP contribution in [0, 0.1) is 11.3 Å². The van der Waals surface area contributed by atoms with Crippen LogP contribution in [0.4, 0.5) is 0 Å². The summed E-state index contributed by atoms with van der Waals surface area (Å²) in [5.41, 5.74) is 1.13. The van der Waals surface area contributed by atoms with Gasteiger partial charge in [0.1, 0.15) is 0 Å². The Bertz CT molecular complexity index is 192. The Morgan fingerprint density at radius 3 is 2.46 bits per heavy atom. The van der Waals surface area contributed by atoms with Crippen molar-refractivity contribution in [2.75, 3.05) is 0 Å². The Labute approximate surface area is 81.0 Å². The molecule has 0 aromatic heterocycles. The molecule has 0 heterocycles. The summed E-state index contributed by atoms with van der Waals surface area (Å²) in [5.74, 6) is 0.580. The number of rotatable bonds is 5. The second kappa shape index (κ2) is 4.12. The second-order valence-corrected chi connectivity index (χ2v) is 4.75.